The first-order valence-corrected chi connectivity index (χ1v) is 5.27. The van der Waals surface area contributed by atoms with Gasteiger partial charge in [0, 0.05) is 11.0 Å². The highest BCUT2D eigenvalue weighted by Gasteiger charge is 1.97. The number of hydrogen-bond donors (Lipinski definition) is 2. The maximum Gasteiger partial charge on any atom is 0.229 e. The molecule has 0 saturated carbocycles. The summed E-state index contributed by atoms with van der Waals surface area (Å²) < 4.78 is 1.04. The Hall–Kier alpha value is -0.480. The summed E-state index contributed by atoms with van der Waals surface area (Å²) in [6.45, 7) is 0.562. The van der Waals surface area contributed by atoms with Crippen LogP contribution in [0.15, 0.2) is 28.7 Å². The van der Waals surface area contributed by atoms with Crippen LogP contribution in [0.3, 0.4) is 0 Å². The number of halogens is 1. The second-order valence-corrected chi connectivity index (χ2v) is 3.79. The highest BCUT2D eigenvalue weighted by atomic mass is 79.9. The van der Waals surface area contributed by atoms with E-state index in [0.717, 1.165) is 10.0 Å². The molecule has 0 unspecified atom stereocenters. The van der Waals surface area contributed by atoms with Crippen molar-refractivity contribution in [2.24, 2.45) is 0 Å². The Morgan fingerprint density at radius 1 is 1.38 bits per heavy atom. The lowest BCUT2D eigenvalue weighted by atomic mass is 10.2. The third-order valence-electron chi connectivity index (χ3n) is 1.55. The number of nitrogens with one attached hydrogen (secondary N) is 1. The summed E-state index contributed by atoms with van der Waals surface area (Å²) in [5.41, 5.74) is 1.08. The van der Waals surface area contributed by atoms with Crippen LogP contribution in [0.1, 0.15) is 5.56 Å². The minimum Gasteiger partial charge on any atom is -0.351 e. The van der Waals surface area contributed by atoms with Crippen LogP contribution in [0.2, 0.25) is 0 Å². The number of carbonyl (C=O) groups is 1. The molecule has 0 aliphatic rings. The minimum absolute atomic E-state index is 0.0498. The summed E-state index contributed by atoms with van der Waals surface area (Å²) in [6, 6.07) is 7.82. The van der Waals surface area contributed by atoms with Crippen LogP contribution in [-0.2, 0) is 11.3 Å². The van der Waals surface area contributed by atoms with E-state index in [1.807, 2.05) is 24.3 Å². The molecular weight excluding hydrogens is 250 g/mol. The number of benzene rings is 1. The average molecular weight is 260 g/mol. The van der Waals surface area contributed by atoms with Crippen molar-refractivity contribution in [3.05, 3.63) is 34.3 Å². The van der Waals surface area contributed by atoms with Crippen molar-refractivity contribution < 1.29 is 4.79 Å². The van der Waals surface area contributed by atoms with Gasteiger partial charge in [0.2, 0.25) is 5.91 Å². The molecule has 0 fully saturated rings. The van der Waals surface area contributed by atoms with Crippen LogP contribution in [0.25, 0.3) is 0 Å². The molecule has 70 valence electrons. The van der Waals surface area contributed by atoms with Crippen LogP contribution in [0.4, 0.5) is 0 Å². The molecule has 0 bridgehead atoms. The maximum atomic E-state index is 10.9. The Morgan fingerprint density at radius 2 is 2.00 bits per heavy atom. The molecule has 0 spiro atoms. The van der Waals surface area contributed by atoms with Crippen molar-refractivity contribution in [2.45, 2.75) is 6.54 Å². The molecule has 1 aromatic rings. The third-order valence-corrected chi connectivity index (χ3v) is 2.36. The lowest BCUT2D eigenvalue weighted by Gasteiger charge is -2.02. The molecule has 0 aromatic heterocycles. The van der Waals surface area contributed by atoms with Crippen LogP contribution in [0.5, 0.6) is 0 Å². The second-order valence-electron chi connectivity index (χ2n) is 2.56. The van der Waals surface area contributed by atoms with Gasteiger partial charge in [-0.2, -0.15) is 12.6 Å². The Kier molecular flexibility index (Phi) is 4.32. The van der Waals surface area contributed by atoms with Crippen LogP contribution in [-0.4, -0.2) is 11.7 Å². The fourth-order valence-electron chi connectivity index (χ4n) is 0.859. The zero-order valence-corrected chi connectivity index (χ0v) is 9.44. The van der Waals surface area contributed by atoms with Crippen molar-refractivity contribution in [1.29, 1.82) is 0 Å². The molecule has 1 aromatic carbocycles. The lowest BCUT2D eigenvalue weighted by molar-refractivity contribution is -0.118. The molecule has 0 heterocycles. The molecule has 0 aliphatic carbocycles. The van der Waals surface area contributed by atoms with Gasteiger partial charge in [0.15, 0.2) is 0 Å². The van der Waals surface area contributed by atoms with Gasteiger partial charge in [-0.05, 0) is 17.7 Å². The SMILES string of the molecule is O=C(CS)NCc1ccc(Br)cc1. The van der Waals surface area contributed by atoms with Crippen molar-refractivity contribution >= 4 is 34.5 Å². The quantitative estimate of drug-likeness (QED) is 0.800. The fourth-order valence-corrected chi connectivity index (χ4v) is 1.23. The zero-order chi connectivity index (χ0) is 9.68. The van der Waals surface area contributed by atoms with E-state index in [4.69, 9.17) is 0 Å². The topological polar surface area (TPSA) is 29.1 Å². The van der Waals surface area contributed by atoms with Crippen LogP contribution < -0.4 is 5.32 Å². The largest absolute Gasteiger partial charge is 0.351 e. The summed E-state index contributed by atoms with van der Waals surface area (Å²) in [5, 5.41) is 2.74. The Morgan fingerprint density at radius 3 is 2.54 bits per heavy atom. The first-order chi connectivity index (χ1) is 6.22. The minimum atomic E-state index is -0.0498. The van der Waals surface area contributed by atoms with E-state index >= 15 is 0 Å². The number of amides is 1. The van der Waals surface area contributed by atoms with Crippen LogP contribution in [0, 0.1) is 0 Å². The Balaban J connectivity index is 2.46. The first kappa shape index (κ1) is 10.6. The highest BCUT2D eigenvalue weighted by molar-refractivity contribution is 9.10. The van der Waals surface area contributed by atoms with E-state index in [2.05, 4.69) is 33.9 Å². The normalized spacial score (nSPS) is 9.69. The highest BCUT2D eigenvalue weighted by Crippen LogP contribution is 2.09. The predicted molar refractivity (Wildman–Crippen MR) is 59.8 cm³/mol. The van der Waals surface area contributed by atoms with Gasteiger partial charge in [0.25, 0.3) is 0 Å². The Labute approximate surface area is 91.3 Å². The maximum absolute atomic E-state index is 10.9. The van der Waals surface area contributed by atoms with Crippen molar-refractivity contribution in [3.8, 4) is 0 Å². The standard InChI is InChI=1S/C9H10BrNOS/c10-8-3-1-7(2-4-8)5-11-9(12)6-13/h1-4,13H,5-6H2,(H,11,12). The Bertz CT molecular complexity index is 286. The van der Waals surface area contributed by atoms with Gasteiger partial charge in [-0.15, -0.1) is 0 Å². The smallest absolute Gasteiger partial charge is 0.229 e. The zero-order valence-electron chi connectivity index (χ0n) is 6.96. The molecular formula is C9H10BrNOS. The number of rotatable bonds is 3. The van der Waals surface area contributed by atoms with Crippen molar-refractivity contribution in [3.63, 3.8) is 0 Å². The molecule has 4 heteroatoms. The molecule has 1 rings (SSSR count). The van der Waals surface area contributed by atoms with Crippen molar-refractivity contribution in [1.82, 2.24) is 5.32 Å². The molecule has 1 amide bonds. The molecule has 0 aliphatic heterocycles. The molecule has 0 atom stereocenters. The van der Waals surface area contributed by atoms with Gasteiger partial charge in [0.1, 0.15) is 0 Å². The van der Waals surface area contributed by atoms with E-state index in [9.17, 15) is 4.79 Å². The van der Waals surface area contributed by atoms with Gasteiger partial charge in [0.05, 0.1) is 5.75 Å². The summed E-state index contributed by atoms with van der Waals surface area (Å²) >= 11 is 7.20. The summed E-state index contributed by atoms with van der Waals surface area (Å²) in [7, 11) is 0. The molecule has 2 nitrogen and oxygen atoms in total. The number of carbonyl (C=O) groups excluding carboxylic acids is 1. The van der Waals surface area contributed by atoms with Gasteiger partial charge in [-0.1, -0.05) is 28.1 Å². The average Bonchev–Trinajstić information content (AvgIpc) is 2.16. The summed E-state index contributed by atoms with van der Waals surface area (Å²) in [4.78, 5) is 10.9. The monoisotopic (exact) mass is 259 g/mol. The summed E-state index contributed by atoms with van der Waals surface area (Å²) in [6.07, 6.45) is 0. The van der Waals surface area contributed by atoms with Gasteiger partial charge >= 0.3 is 0 Å². The summed E-state index contributed by atoms with van der Waals surface area (Å²) in [5.74, 6) is 0.183. The molecule has 13 heavy (non-hydrogen) atoms. The van der Waals surface area contributed by atoms with E-state index in [1.165, 1.54) is 0 Å². The lowest BCUT2D eigenvalue weighted by Crippen LogP contribution is -2.23. The third kappa shape index (κ3) is 3.83. The van der Waals surface area contributed by atoms with Gasteiger partial charge < -0.3 is 5.32 Å². The van der Waals surface area contributed by atoms with E-state index in [0.29, 0.717) is 6.54 Å². The molecule has 1 N–H and O–H groups in total. The second kappa shape index (κ2) is 5.29. The van der Waals surface area contributed by atoms with E-state index in [1.54, 1.807) is 0 Å². The van der Waals surface area contributed by atoms with E-state index < -0.39 is 0 Å². The number of hydrogen-bond acceptors (Lipinski definition) is 2. The fraction of sp³-hybridized carbons (Fsp3) is 0.222. The van der Waals surface area contributed by atoms with E-state index in [-0.39, 0.29) is 11.7 Å². The van der Waals surface area contributed by atoms with Crippen LogP contribution >= 0.6 is 28.6 Å². The molecule has 0 saturated heterocycles. The van der Waals surface area contributed by atoms with Crippen molar-refractivity contribution in [2.75, 3.05) is 5.75 Å². The number of thiol groups is 1. The predicted octanol–water partition coefficient (Wildman–Crippen LogP) is 2.00. The first-order valence-electron chi connectivity index (χ1n) is 3.84. The van der Waals surface area contributed by atoms with Gasteiger partial charge in [-0.3, -0.25) is 4.79 Å². The van der Waals surface area contributed by atoms with Gasteiger partial charge in [-0.25, -0.2) is 0 Å². The molecule has 0 radical (unpaired) electrons.